The van der Waals surface area contributed by atoms with Crippen LogP contribution >= 0.6 is 0 Å². The molecule has 1 aromatic rings. The van der Waals surface area contributed by atoms with Crippen molar-refractivity contribution in [3.8, 4) is 6.07 Å². The Labute approximate surface area is 107 Å². The van der Waals surface area contributed by atoms with Crippen molar-refractivity contribution in [2.24, 2.45) is 5.73 Å². The van der Waals surface area contributed by atoms with Crippen molar-refractivity contribution in [2.45, 2.75) is 38.8 Å². The topological polar surface area (TPSA) is 76.1 Å². The number of nitriles is 1. The van der Waals surface area contributed by atoms with E-state index >= 15 is 0 Å². The number of esters is 1. The van der Waals surface area contributed by atoms with E-state index in [0.717, 1.165) is 5.56 Å². The summed E-state index contributed by atoms with van der Waals surface area (Å²) in [5.74, 6) is -0.449. The number of nitrogens with zero attached hydrogens (tertiary/aromatic N) is 1. The molecule has 0 unspecified atom stereocenters. The van der Waals surface area contributed by atoms with Crippen molar-refractivity contribution in [1.82, 2.24) is 0 Å². The van der Waals surface area contributed by atoms with Gasteiger partial charge in [-0.25, -0.2) is 0 Å². The van der Waals surface area contributed by atoms with Crippen LogP contribution in [0.15, 0.2) is 24.3 Å². The van der Waals surface area contributed by atoms with Crippen LogP contribution in [-0.4, -0.2) is 17.6 Å². The molecule has 0 aromatic heterocycles. The van der Waals surface area contributed by atoms with Gasteiger partial charge >= 0.3 is 5.97 Å². The number of ether oxygens (including phenoxy) is 1. The predicted molar refractivity (Wildman–Crippen MR) is 68.7 cm³/mol. The van der Waals surface area contributed by atoms with Gasteiger partial charge in [0.25, 0.3) is 0 Å². The summed E-state index contributed by atoms with van der Waals surface area (Å²) in [5, 5.41) is 8.95. The van der Waals surface area contributed by atoms with Gasteiger partial charge in [0.05, 0.1) is 11.6 Å². The first kappa shape index (κ1) is 14.2. The lowest BCUT2D eigenvalue weighted by atomic mass is 10.0. The minimum Gasteiger partial charge on any atom is -0.459 e. The fraction of sp³-hybridized carbons (Fsp3) is 0.429. The van der Waals surface area contributed by atoms with Crippen molar-refractivity contribution >= 4 is 5.97 Å². The molecule has 18 heavy (non-hydrogen) atoms. The second-order valence-corrected chi connectivity index (χ2v) is 5.11. The number of hydrogen-bond acceptors (Lipinski definition) is 4. The quantitative estimate of drug-likeness (QED) is 0.825. The molecule has 0 radical (unpaired) electrons. The average molecular weight is 246 g/mol. The Kier molecular flexibility index (Phi) is 4.46. The van der Waals surface area contributed by atoms with Gasteiger partial charge in [0.2, 0.25) is 0 Å². The minimum absolute atomic E-state index is 0.304. The highest BCUT2D eigenvalue weighted by Crippen LogP contribution is 2.12. The van der Waals surface area contributed by atoms with Gasteiger partial charge in [-0.3, -0.25) is 4.79 Å². The van der Waals surface area contributed by atoms with E-state index in [1.54, 1.807) is 39.0 Å². The van der Waals surface area contributed by atoms with Gasteiger partial charge in [0.1, 0.15) is 11.6 Å². The van der Waals surface area contributed by atoms with Crippen molar-refractivity contribution in [2.75, 3.05) is 0 Å². The maximum Gasteiger partial charge on any atom is 0.323 e. The third-order valence-corrected chi connectivity index (χ3v) is 2.29. The molecule has 0 amide bonds. The average Bonchev–Trinajstić information content (AvgIpc) is 2.27. The SMILES string of the molecule is CC(C)(C)OC(=O)[C@@H](N)Cc1ccccc1C#N. The lowest BCUT2D eigenvalue weighted by molar-refractivity contribution is -0.156. The Morgan fingerprint density at radius 1 is 1.44 bits per heavy atom. The molecule has 4 heteroatoms. The Morgan fingerprint density at radius 3 is 2.61 bits per heavy atom. The maximum atomic E-state index is 11.7. The van der Waals surface area contributed by atoms with Gasteiger partial charge in [-0.1, -0.05) is 18.2 Å². The van der Waals surface area contributed by atoms with E-state index in [1.807, 2.05) is 6.07 Å². The molecule has 1 atom stereocenters. The fourth-order valence-electron chi connectivity index (χ4n) is 1.51. The largest absolute Gasteiger partial charge is 0.459 e. The summed E-state index contributed by atoms with van der Waals surface area (Å²) in [7, 11) is 0. The zero-order chi connectivity index (χ0) is 13.8. The molecule has 0 fully saturated rings. The number of benzene rings is 1. The molecule has 0 saturated carbocycles. The molecular formula is C14H18N2O2. The first-order valence-corrected chi connectivity index (χ1v) is 5.80. The van der Waals surface area contributed by atoms with Crippen LogP contribution in [0.5, 0.6) is 0 Å². The highest BCUT2D eigenvalue weighted by molar-refractivity contribution is 5.76. The number of carbonyl (C=O) groups excluding carboxylic acids is 1. The van der Waals surface area contributed by atoms with E-state index in [1.165, 1.54) is 0 Å². The van der Waals surface area contributed by atoms with Gasteiger partial charge in [0.15, 0.2) is 0 Å². The summed E-state index contributed by atoms with van der Waals surface area (Å²) in [6.07, 6.45) is 0.304. The summed E-state index contributed by atoms with van der Waals surface area (Å²) in [4.78, 5) is 11.7. The molecule has 1 rings (SSSR count). The van der Waals surface area contributed by atoms with Crippen LogP contribution in [0.1, 0.15) is 31.9 Å². The molecule has 0 aliphatic rings. The van der Waals surface area contributed by atoms with Crippen LogP contribution in [0.2, 0.25) is 0 Å². The second-order valence-electron chi connectivity index (χ2n) is 5.11. The van der Waals surface area contributed by atoms with Crippen molar-refractivity contribution in [3.05, 3.63) is 35.4 Å². The Hall–Kier alpha value is -1.86. The van der Waals surface area contributed by atoms with E-state index < -0.39 is 17.6 Å². The molecule has 0 aliphatic carbocycles. The zero-order valence-electron chi connectivity index (χ0n) is 10.9. The third kappa shape index (κ3) is 4.19. The van der Waals surface area contributed by atoms with Crippen LogP contribution in [0, 0.1) is 11.3 Å². The molecule has 0 heterocycles. The van der Waals surface area contributed by atoms with Gasteiger partial charge in [-0.2, -0.15) is 5.26 Å². The molecule has 0 spiro atoms. The third-order valence-electron chi connectivity index (χ3n) is 2.29. The highest BCUT2D eigenvalue weighted by Gasteiger charge is 2.22. The molecule has 96 valence electrons. The molecule has 0 saturated heterocycles. The van der Waals surface area contributed by atoms with Crippen LogP contribution < -0.4 is 5.73 Å². The van der Waals surface area contributed by atoms with E-state index in [-0.39, 0.29) is 0 Å². The minimum atomic E-state index is -0.751. The van der Waals surface area contributed by atoms with Gasteiger partial charge in [-0.15, -0.1) is 0 Å². The molecule has 4 nitrogen and oxygen atoms in total. The summed E-state index contributed by atoms with van der Waals surface area (Å²) < 4.78 is 5.20. The normalized spacial score (nSPS) is 12.6. The molecule has 2 N–H and O–H groups in total. The lowest BCUT2D eigenvalue weighted by Crippen LogP contribution is -2.38. The zero-order valence-corrected chi connectivity index (χ0v) is 10.9. The van der Waals surface area contributed by atoms with Crippen LogP contribution in [0.4, 0.5) is 0 Å². The Bertz CT molecular complexity index is 469. The lowest BCUT2D eigenvalue weighted by Gasteiger charge is -2.22. The summed E-state index contributed by atoms with van der Waals surface area (Å²) >= 11 is 0. The van der Waals surface area contributed by atoms with Crippen LogP contribution in [0.25, 0.3) is 0 Å². The molecule has 0 bridgehead atoms. The van der Waals surface area contributed by atoms with Crippen LogP contribution in [-0.2, 0) is 16.0 Å². The summed E-state index contributed by atoms with van der Waals surface area (Å²) in [6.45, 7) is 5.38. The monoisotopic (exact) mass is 246 g/mol. The first-order valence-electron chi connectivity index (χ1n) is 5.80. The van der Waals surface area contributed by atoms with Gasteiger partial charge in [-0.05, 0) is 38.8 Å². The standard InChI is InChI=1S/C14H18N2O2/c1-14(2,3)18-13(17)12(16)8-10-6-4-5-7-11(10)9-15/h4-7,12H,8,16H2,1-3H3/t12-/m0/s1. The molecular weight excluding hydrogens is 228 g/mol. The van der Waals surface area contributed by atoms with E-state index in [4.69, 9.17) is 15.7 Å². The number of nitrogens with two attached hydrogens (primary N) is 1. The van der Waals surface area contributed by atoms with Crippen LogP contribution in [0.3, 0.4) is 0 Å². The van der Waals surface area contributed by atoms with Crippen molar-refractivity contribution in [1.29, 1.82) is 5.26 Å². The molecule has 0 aliphatic heterocycles. The van der Waals surface area contributed by atoms with E-state index in [9.17, 15) is 4.79 Å². The number of hydrogen-bond donors (Lipinski definition) is 1. The fourth-order valence-corrected chi connectivity index (χ4v) is 1.51. The maximum absolute atomic E-state index is 11.7. The Morgan fingerprint density at radius 2 is 2.06 bits per heavy atom. The summed E-state index contributed by atoms with van der Waals surface area (Å²) in [6, 6.07) is 8.43. The van der Waals surface area contributed by atoms with Crippen molar-refractivity contribution in [3.63, 3.8) is 0 Å². The van der Waals surface area contributed by atoms with E-state index in [2.05, 4.69) is 6.07 Å². The van der Waals surface area contributed by atoms with E-state index in [0.29, 0.717) is 12.0 Å². The number of carbonyl (C=O) groups is 1. The summed E-state index contributed by atoms with van der Waals surface area (Å²) in [5.41, 5.74) is 6.54. The first-order chi connectivity index (χ1) is 8.33. The van der Waals surface area contributed by atoms with Gasteiger partial charge in [0, 0.05) is 0 Å². The second kappa shape index (κ2) is 5.65. The smallest absolute Gasteiger partial charge is 0.323 e. The number of rotatable bonds is 3. The van der Waals surface area contributed by atoms with Gasteiger partial charge < -0.3 is 10.5 Å². The Balaban J connectivity index is 2.73. The molecule has 1 aromatic carbocycles. The van der Waals surface area contributed by atoms with Crippen molar-refractivity contribution < 1.29 is 9.53 Å². The highest BCUT2D eigenvalue weighted by atomic mass is 16.6. The predicted octanol–water partition coefficient (Wildman–Crippen LogP) is 1.77.